The van der Waals surface area contributed by atoms with Gasteiger partial charge in [-0.15, -0.1) is 0 Å². The van der Waals surface area contributed by atoms with Crippen molar-refractivity contribution in [3.8, 4) is 11.5 Å². The Morgan fingerprint density at radius 2 is 1.65 bits per heavy atom. The largest absolute Gasteiger partial charge is 0.493 e. The summed E-state index contributed by atoms with van der Waals surface area (Å²) in [5.74, 6) is -0.243. The number of carbonyl (C=O) groups excluding carboxylic acids is 1. The molecule has 0 heterocycles. The van der Waals surface area contributed by atoms with Crippen LogP contribution in [0.2, 0.25) is 5.02 Å². The van der Waals surface area contributed by atoms with Crippen LogP contribution in [0.1, 0.15) is 15.9 Å². The quantitative estimate of drug-likeness (QED) is 0.772. The van der Waals surface area contributed by atoms with Crippen molar-refractivity contribution in [1.29, 1.82) is 0 Å². The van der Waals surface area contributed by atoms with E-state index >= 15 is 0 Å². The van der Waals surface area contributed by atoms with Gasteiger partial charge in [-0.1, -0.05) is 23.7 Å². The number of ether oxygens (including phenoxy) is 2. The van der Waals surface area contributed by atoms with E-state index in [1.807, 2.05) is 0 Å². The van der Waals surface area contributed by atoms with Crippen LogP contribution in [-0.4, -0.2) is 34.8 Å². The highest BCUT2D eigenvalue weighted by Gasteiger charge is 2.25. The first-order valence-corrected chi connectivity index (χ1v) is 9.68. The average Bonchev–Trinajstić information content (AvgIpc) is 2.58. The van der Waals surface area contributed by atoms with Crippen molar-refractivity contribution in [2.75, 3.05) is 24.8 Å². The number of amides is 1. The fourth-order valence-electron chi connectivity index (χ4n) is 2.41. The highest BCUT2D eigenvalue weighted by atomic mass is 35.5. The standard InChI is InChI=1S/C17H19ClN2O5S/c1-24-15-8-13(17(19)21)14(9-16(15)25-2)20(26(3,22)23)10-11-4-6-12(18)7-5-11/h4-9H,10H2,1-3H3,(H2,19,21). The van der Waals surface area contributed by atoms with Gasteiger partial charge in [-0.05, 0) is 23.8 Å². The van der Waals surface area contributed by atoms with Crippen LogP contribution in [0.5, 0.6) is 11.5 Å². The van der Waals surface area contributed by atoms with Gasteiger partial charge in [0.2, 0.25) is 10.0 Å². The Bertz CT molecular complexity index is 913. The lowest BCUT2D eigenvalue weighted by Gasteiger charge is -2.25. The van der Waals surface area contributed by atoms with E-state index in [2.05, 4.69) is 0 Å². The fraction of sp³-hybridized carbons (Fsp3) is 0.235. The predicted molar refractivity (Wildman–Crippen MR) is 101 cm³/mol. The Kier molecular flexibility index (Phi) is 5.99. The van der Waals surface area contributed by atoms with Crippen LogP contribution in [0, 0.1) is 0 Å². The molecule has 2 aromatic carbocycles. The minimum Gasteiger partial charge on any atom is -0.493 e. The molecule has 0 unspecified atom stereocenters. The summed E-state index contributed by atoms with van der Waals surface area (Å²) in [6, 6.07) is 9.48. The molecule has 0 fully saturated rings. The van der Waals surface area contributed by atoms with Gasteiger partial charge in [0.15, 0.2) is 11.5 Å². The fourth-order valence-corrected chi connectivity index (χ4v) is 3.43. The minimum atomic E-state index is -3.73. The van der Waals surface area contributed by atoms with Crippen molar-refractivity contribution in [3.63, 3.8) is 0 Å². The number of halogens is 1. The van der Waals surface area contributed by atoms with Crippen molar-refractivity contribution < 1.29 is 22.7 Å². The molecule has 0 atom stereocenters. The molecular formula is C17H19ClN2O5S. The van der Waals surface area contributed by atoms with E-state index in [0.717, 1.165) is 10.6 Å². The second kappa shape index (κ2) is 7.84. The molecule has 0 bridgehead atoms. The summed E-state index contributed by atoms with van der Waals surface area (Å²) in [5.41, 5.74) is 6.24. The first kappa shape index (κ1) is 19.9. The first-order chi connectivity index (χ1) is 12.2. The summed E-state index contributed by atoms with van der Waals surface area (Å²) < 4.78 is 36.3. The van der Waals surface area contributed by atoms with Gasteiger partial charge in [-0.2, -0.15) is 0 Å². The molecule has 0 aromatic heterocycles. The lowest BCUT2D eigenvalue weighted by molar-refractivity contribution is 0.100. The van der Waals surface area contributed by atoms with Gasteiger partial charge in [-0.3, -0.25) is 9.10 Å². The Balaban J connectivity index is 2.64. The normalized spacial score (nSPS) is 11.1. The van der Waals surface area contributed by atoms with Gasteiger partial charge in [0.1, 0.15) is 0 Å². The zero-order valence-corrected chi connectivity index (χ0v) is 16.1. The molecule has 0 spiro atoms. The summed E-state index contributed by atoms with van der Waals surface area (Å²) in [6.45, 7) is -0.00817. The maximum absolute atomic E-state index is 12.4. The number of primary amides is 1. The number of benzene rings is 2. The van der Waals surface area contributed by atoms with E-state index in [1.54, 1.807) is 24.3 Å². The van der Waals surface area contributed by atoms with E-state index in [4.69, 9.17) is 26.8 Å². The van der Waals surface area contributed by atoms with Crippen molar-refractivity contribution in [2.45, 2.75) is 6.54 Å². The van der Waals surface area contributed by atoms with Gasteiger partial charge < -0.3 is 15.2 Å². The number of nitrogens with zero attached hydrogens (tertiary/aromatic N) is 1. The molecule has 0 aliphatic heterocycles. The van der Waals surface area contributed by atoms with Crippen LogP contribution in [-0.2, 0) is 16.6 Å². The maximum atomic E-state index is 12.4. The molecule has 0 radical (unpaired) electrons. The summed E-state index contributed by atoms with van der Waals surface area (Å²) >= 11 is 5.87. The molecule has 0 aliphatic rings. The Morgan fingerprint density at radius 3 is 2.12 bits per heavy atom. The van der Waals surface area contributed by atoms with Gasteiger partial charge in [0, 0.05) is 11.1 Å². The number of sulfonamides is 1. The maximum Gasteiger partial charge on any atom is 0.250 e. The van der Waals surface area contributed by atoms with Gasteiger partial charge in [0.25, 0.3) is 5.91 Å². The molecule has 2 aromatic rings. The molecule has 9 heteroatoms. The third-order valence-electron chi connectivity index (χ3n) is 3.68. The van der Waals surface area contributed by atoms with Crippen molar-refractivity contribution in [1.82, 2.24) is 0 Å². The number of carbonyl (C=O) groups is 1. The number of rotatable bonds is 7. The molecule has 0 saturated heterocycles. The molecule has 2 N–H and O–H groups in total. The van der Waals surface area contributed by atoms with Crippen LogP contribution < -0.4 is 19.5 Å². The molecular weight excluding hydrogens is 380 g/mol. The molecule has 140 valence electrons. The summed E-state index contributed by atoms with van der Waals surface area (Å²) in [6.07, 6.45) is 1.05. The summed E-state index contributed by atoms with van der Waals surface area (Å²) in [4.78, 5) is 11.9. The van der Waals surface area contributed by atoms with Crippen molar-refractivity contribution >= 4 is 33.2 Å². The average molecular weight is 399 g/mol. The molecule has 7 nitrogen and oxygen atoms in total. The Hall–Kier alpha value is -2.45. The third-order valence-corrected chi connectivity index (χ3v) is 5.05. The second-order valence-corrected chi connectivity index (χ2v) is 7.83. The SMILES string of the molecule is COc1cc(C(N)=O)c(N(Cc2ccc(Cl)cc2)S(C)(=O)=O)cc1OC. The zero-order chi connectivity index (χ0) is 19.5. The van der Waals surface area contributed by atoms with Crippen LogP contribution in [0.4, 0.5) is 5.69 Å². The number of hydrogen-bond donors (Lipinski definition) is 1. The van der Waals surface area contributed by atoms with Crippen LogP contribution in [0.25, 0.3) is 0 Å². The second-order valence-electron chi connectivity index (χ2n) is 5.48. The van der Waals surface area contributed by atoms with E-state index < -0.39 is 15.9 Å². The van der Waals surface area contributed by atoms with Gasteiger partial charge in [0.05, 0.1) is 38.3 Å². The predicted octanol–water partition coefficient (Wildman–Crippen LogP) is 2.42. The highest BCUT2D eigenvalue weighted by molar-refractivity contribution is 7.92. The van der Waals surface area contributed by atoms with E-state index in [0.29, 0.717) is 10.6 Å². The zero-order valence-electron chi connectivity index (χ0n) is 14.5. The van der Waals surface area contributed by atoms with E-state index in [-0.39, 0.29) is 29.3 Å². The Labute approximate surface area is 157 Å². The molecule has 26 heavy (non-hydrogen) atoms. The molecule has 2 rings (SSSR count). The topological polar surface area (TPSA) is 98.9 Å². The minimum absolute atomic E-state index is 0.00189. The van der Waals surface area contributed by atoms with Crippen LogP contribution >= 0.6 is 11.6 Å². The van der Waals surface area contributed by atoms with E-state index in [1.165, 1.54) is 26.4 Å². The highest BCUT2D eigenvalue weighted by Crippen LogP contribution is 2.36. The third kappa shape index (κ3) is 4.39. The molecule has 0 aliphatic carbocycles. The smallest absolute Gasteiger partial charge is 0.250 e. The van der Waals surface area contributed by atoms with Gasteiger partial charge in [-0.25, -0.2) is 8.42 Å². The lowest BCUT2D eigenvalue weighted by Crippen LogP contribution is -2.31. The van der Waals surface area contributed by atoms with Gasteiger partial charge >= 0.3 is 0 Å². The summed E-state index contributed by atoms with van der Waals surface area (Å²) in [7, 11) is -0.911. The monoisotopic (exact) mass is 398 g/mol. The van der Waals surface area contributed by atoms with Crippen molar-refractivity contribution in [3.05, 3.63) is 52.5 Å². The number of anilines is 1. The number of hydrogen-bond acceptors (Lipinski definition) is 5. The molecule has 0 saturated carbocycles. The summed E-state index contributed by atoms with van der Waals surface area (Å²) in [5, 5.41) is 0.531. The van der Waals surface area contributed by atoms with Crippen LogP contribution in [0.3, 0.4) is 0 Å². The number of nitrogens with two attached hydrogens (primary N) is 1. The molecule has 1 amide bonds. The number of methoxy groups -OCH3 is 2. The Morgan fingerprint density at radius 1 is 1.12 bits per heavy atom. The van der Waals surface area contributed by atoms with Crippen molar-refractivity contribution in [2.24, 2.45) is 5.73 Å². The lowest BCUT2D eigenvalue weighted by atomic mass is 10.1. The van der Waals surface area contributed by atoms with Crippen LogP contribution in [0.15, 0.2) is 36.4 Å². The van der Waals surface area contributed by atoms with E-state index in [9.17, 15) is 13.2 Å². The first-order valence-electron chi connectivity index (χ1n) is 7.45.